The van der Waals surface area contributed by atoms with Crippen LogP contribution in [0.1, 0.15) is 11.1 Å². The predicted octanol–water partition coefficient (Wildman–Crippen LogP) is 2.69. The molecule has 0 N–H and O–H groups in total. The van der Waals surface area contributed by atoms with E-state index >= 15 is 0 Å². The normalized spacial score (nSPS) is 8.53. The van der Waals surface area contributed by atoms with Gasteiger partial charge < -0.3 is 9.47 Å². The topological polar surface area (TPSA) is 35.5 Å². The highest BCUT2D eigenvalue weighted by molar-refractivity contribution is 9.08. The van der Waals surface area contributed by atoms with Gasteiger partial charge in [-0.05, 0) is 18.6 Å². The molecule has 0 aromatic heterocycles. The van der Waals surface area contributed by atoms with Crippen LogP contribution in [-0.2, 0) is 14.9 Å². The molecule has 15 heavy (non-hydrogen) atoms. The molecule has 1 aromatic carbocycles. The van der Waals surface area contributed by atoms with E-state index in [1.54, 1.807) is 7.11 Å². The Morgan fingerprint density at radius 1 is 1.40 bits per heavy atom. The molecule has 0 heterocycles. The molecule has 0 amide bonds. The number of rotatable bonds is 3. The van der Waals surface area contributed by atoms with Gasteiger partial charge in [0.25, 0.3) is 6.47 Å². The van der Waals surface area contributed by atoms with Gasteiger partial charge in [0.1, 0.15) is 5.75 Å². The highest BCUT2D eigenvalue weighted by Gasteiger charge is 1.99. The molecule has 3 nitrogen and oxygen atoms in total. The first-order valence-corrected chi connectivity index (χ1v) is 5.47. The van der Waals surface area contributed by atoms with Crippen LogP contribution in [0, 0.1) is 6.92 Å². The fraction of sp³-hybridized carbons (Fsp3) is 0.364. The fourth-order valence-electron chi connectivity index (χ4n) is 0.962. The Hall–Kier alpha value is -1.03. The molecule has 0 fully saturated rings. The van der Waals surface area contributed by atoms with Crippen molar-refractivity contribution in [2.24, 2.45) is 0 Å². The number of carbonyl (C=O) groups is 1. The molecule has 0 radical (unpaired) electrons. The van der Waals surface area contributed by atoms with Crippen molar-refractivity contribution >= 4 is 22.4 Å². The number of methoxy groups -OCH3 is 2. The number of ether oxygens (including phenoxy) is 2. The van der Waals surface area contributed by atoms with Gasteiger partial charge in [0.15, 0.2) is 0 Å². The molecule has 0 bridgehead atoms. The number of aryl methyl sites for hydroxylation is 1. The maximum Gasteiger partial charge on any atom is 0.292 e. The first-order valence-electron chi connectivity index (χ1n) is 4.35. The Labute approximate surface area is 98.5 Å². The molecule has 1 rings (SSSR count). The first-order chi connectivity index (χ1) is 7.19. The van der Waals surface area contributed by atoms with E-state index in [0.717, 1.165) is 11.1 Å². The van der Waals surface area contributed by atoms with Crippen LogP contribution < -0.4 is 4.74 Å². The summed E-state index contributed by atoms with van der Waals surface area (Å²) in [7, 11) is 3.01. The van der Waals surface area contributed by atoms with Gasteiger partial charge in [-0.15, -0.1) is 0 Å². The van der Waals surface area contributed by atoms with Crippen LogP contribution in [0.25, 0.3) is 0 Å². The molecule has 84 valence electrons. The van der Waals surface area contributed by atoms with Crippen LogP contribution in [0.15, 0.2) is 18.2 Å². The maximum atomic E-state index is 8.95. The largest absolute Gasteiger partial charge is 0.496 e. The van der Waals surface area contributed by atoms with Crippen molar-refractivity contribution < 1.29 is 14.3 Å². The number of carbonyl (C=O) groups excluding carboxylic acids is 1. The summed E-state index contributed by atoms with van der Waals surface area (Å²) in [5, 5.41) is 0.844. The number of halogens is 1. The quantitative estimate of drug-likeness (QED) is 0.628. The second-order valence-corrected chi connectivity index (χ2v) is 3.34. The van der Waals surface area contributed by atoms with Gasteiger partial charge in [-0.1, -0.05) is 28.1 Å². The Bertz CT molecular complexity index is 300. The molecular formula is C11H15BrO3. The van der Waals surface area contributed by atoms with Crippen LogP contribution in [-0.4, -0.2) is 20.7 Å². The fourth-order valence-corrected chi connectivity index (χ4v) is 1.43. The van der Waals surface area contributed by atoms with E-state index < -0.39 is 0 Å². The molecule has 4 heteroatoms. The summed E-state index contributed by atoms with van der Waals surface area (Å²) in [6, 6.07) is 6.19. The highest BCUT2D eigenvalue weighted by Crippen LogP contribution is 2.21. The minimum atomic E-state index is 0.375. The van der Waals surface area contributed by atoms with Crippen molar-refractivity contribution in [3.05, 3.63) is 29.3 Å². The standard InChI is InChI=1S/C9H11BrO.C2H4O2/c1-7-3-4-8(6-10)9(5-7)11-2;1-4-2-3/h3-5H,6H2,1-2H3;2H,1H3. The van der Waals surface area contributed by atoms with Crippen LogP contribution in [0.4, 0.5) is 0 Å². The molecule has 0 aliphatic carbocycles. The summed E-state index contributed by atoms with van der Waals surface area (Å²) >= 11 is 3.39. The summed E-state index contributed by atoms with van der Waals surface area (Å²) in [5.41, 5.74) is 2.42. The van der Waals surface area contributed by atoms with Gasteiger partial charge in [-0.2, -0.15) is 0 Å². The van der Waals surface area contributed by atoms with Crippen LogP contribution in [0.2, 0.25) is 0 Å². The lowest BCUT2D eigenvalue weighted by molar-refractivity contribution is -0.126. The lowest BCUT2D eigenvalue weighted by atomic mass is 10.1. The lowest BCUT2D eigenvalue weighted by Crippen LogP contribution is -1.89. The molecule has 0 aliphatic rings. The van der Waals surface area contributed by atoms with Crippen LogP contribution in [0.5, 0.6) is 5.75 Å². The molecule has 0 atom stereocenters. The average Bonchev–Trinajstić information content (AvgIpc) is 2.29. The summed E-state index contributed by atoms with van der Waals surface area (Å²) in [6.07, 6.45) is 0. The average molecular weight is 275 g/mol. The van der Waals surface area contributed by atoms with E-state index in [9.17, 15) is 0 Å². The zero-order chi connectivity index (χ0) is 11.7. The summed E-state index contributed by atoms with van der Waals surface area (Å²) in [6.45, 7) is 2.43. The van der Waals surface area contributed by atoms with Crippen molar-refractivity contribution in [2.75, 3.05) is 14.2 Å². The molecule has 0 saturated carbocycles. The van der Waals surface area contributed by atoms with Gasteiger partial charge in [-0.3, -0.25) is 4.79 Å². The third kappa shape index (κ3) is 5.42. The Morgan fingerprint density at radius 2 is 2.00 bits per heavy atom. The number of hydrogen-bond acceptors (Lipinski definition) is 3. The monoisotopic (exact) mass is 274 g/mol. The minimum Gasteiger partial charge on any atom is -0.496 e. The zero-order valence-electron chi connectivity index (χ0n) is 9.12. The number of benzene rings is 1. The third-order valence-corrected chi connectivity index (χ3v) is 2.29. The molecule has 0 unspecified atom stereocenters. The summed E-state index contributed by atoms with van der Waals surface area (Å²) in [4.78, 5) is 8.95. The van der Waals surface area contributed by atoms with Crippen molar-refractivity contribution in [1.29, 1.82) is 0 Å². The zero-order valence-corrected chi connectivity index (χ0v) is 10.7. The van der Waals surface area contributed by atoms with Crippen molar-refractivity contribution in [3.63, 3.8) is 0 Å². The van der Waals surface area contributed by atoms with Crippen LogP contribution >= 0.6 is 15.9 Å². The lowest BCUT2D eigenvalue weighted by Gasteiger charge is -2.05. The van der Waals surface area contributed by atoms with Gasteiger partial charge >= 0.3 is 0 Å². The van der Waals surface area contributed by atoms with Gasteiger partial charge in [0.05, 0.1) is 14.2 Å². The van der Waals surface area contributed by atoms with Crippen molar-refractivity contribution in [3.8, 4) is 5.75 Å². The van der Waals surface area contributed by atoms with Gasteiger partial charge in [-0.25, -0.2) is 0 Å². The Morgan fingerprint density at radius 3 is 2.40 bits per heavy atom. The van der Waals surface area contributed by atoms with Crippen LogP contribution in [0.3, 0.4) is 0 Å². The predicted molar refractivity (Wildman–Crippen MR) is 63.4 cm³/mol. The smallest absolute Gasteiger partial charge is 0.292 e. The minimum absolute atomic E-state index is 0.375. The summed E-state index contributed by atoms with van der Waals surface area (Å²) in [5.74, 6) is 0.960. The first kappa shape index (κ1) is 14.0. The van der Waals surface area contributed by atoms with Gasteiger partial charge in [0.2, 0.25) is 0 Å². The highest BCUT2D eigenvalue weighted by atomic mass is 79.9. The Balaban J connectivity index is 0.000000423. The number of alkyl halides is 1. The van der Waals surface area contributed by atoms with Crippen molar-refractivity contribution in [2.45, 2.75) is 12.3 Å². The maximum absolute atomic E-state index is 8.95. The Kier molecular flexibility index (Phi) is 7.72. The van der Waals surface area contributed by atoms with E-state index in [2.05, 4.69) is 39.7 Å². The molecule has 1 aromatic rings. The molecule has 0 saturated heterocycles. The van der Waals surface area contributed by atoms with E-state index in [1.807, 2.05) is 6.07 Å². The SMILES string of the molecule is COC=O.COc1cc(C)ccc1CBr. The molecular weight excluding hydrogens is 260 g/mol. The third-order valence-electron chi connectivity index (χ3n) is 1.68. The molecule has 0 spiro atoms. The van der Waals surface area contributed by atoms with E-state index in [0.29, 0.717) is 6.47 Å². The van der Waals surface area contributed by atoms with E-state index in [1.165, 1.54) is 18.2 Å². The van der Waals surface area contributed by atoms with E-state index in [-0.39, 0.29) is 0 Å². The second-order valence-electron chi connectivity index (χ2n) is 2.78. The number of hydrogen-bond donors (Lipinski definition) is 0. The second kappa shape index (κ2) is 8.29. The van der Waals surface area contributed by atoms with Gasteiger partial charge in [0, 0.05) is 10.9 Å². The van der Waals surface area contributed by atoms with E-state index in [4.69, 9.17) is 9.53 Å². The molecule has 0 aliphatic heterocycles. The summed E-state index contributed by atoms with van der Waals surface area (Å²) < 4.78 is 9.05. The van der Waals surface area contributed by atoms with Crippen molar-refractivity contribution in [1.82, 2.24) is 0 Å².